The molecule has 0 heterocycles. The number of hydrogen-bond acceptors (Lipinski definition) is 10. The molecule has 0 aliphatic heterocycles. The number of allylic oxidation sites excluding steroid dienone is 21. The molecule has 0 aromatic carbocycles. The number of ether oxygens (including phenoxy) is 2. The molecule has 352 valence electrons. The van der Waals surface area contributed by atoms with Gasteiger partial charge in [-0.25, -0.2) is 4.57 Å². The van der Waals surface area contributed by atoms with Gasteiger partial charge in [0.05, 0.1) is 19.3 Å². The van der Waals surface area contributed by atoms with E-state index in [4.69, 9.17) is 24.8 Å². The number of unbranched alkanes of at least 4 members (excludes halogenated alkanes) is 3. The molecule has 0 rings (SSSR count). The molecule has 12 nitrogen and oxygen atoms in total. The fourth-order valence-corrected chi connectivity index (χ4v) is 5.80. The number of carboxylic acid groups (broad SMARTS) is 1. The van der Waals surface area contributed by atoms with Crippen LogP contribution >= 0.6 is 7.82 Å². The minimum atomic E-state index is -4.81. The van der Waals surface area contributed by atoms with Crippen molar-refractivity contribution in [1.29, 1.82) is 0 Å². The Morgan fingerprint density at radius 1 is 0.571 bits per heavy atom. The Morgan fingerprint density at radius 2 is 1.03 bits per heavy atom. The molecule has 0 saturated carbocycles. The molecule has 13 heteroatoms. The van der Waals surface area contributed by atoms with Crippen LogP contribution in [0.25, 0.3) is 0 Å². The number of aliphatic hydroxyl groups excluding tert-OH is 1. The fourth-order valence-electron chi connectivity index (χ4n) is 5.02. The van der Waals surface area contributed by atoms with Crippen molar-refractivity contribution in [3.8, 4) is 0 Å². The van der Waals surface area contributed by atoms with E-state index >= 15 is 0 Å². The Bertz CT molecular complexity index is 1590. The summed E-state index contributed by atoms with van der Waals surface area (Å²) in [4.78, 5) is 46.0. The number of phosphoric ester groups is 1. The Morgan fingerprint density at radius 3 is 1.52 bits per heavy atom. The summed E-state index contributed by atoms with van der Waals surface area (Å²) in [7, 11) is -4.81. The summed E-state index contributed by atoms with van der Waals surface area (Å²) >= 11 is 0. The molecule has 0 saturated heterocycles. The van der Waals surface area contributed by atoms with Crippen molar-refractivity contribution in [3.63, 3.8) is 0 Å². The van der Waals surface area contributed by atoms with Gasteiger partial charge >= 0.3 is 25.7 Å². The van der Waals surface area contributed by atoms with Gasteiger partial charge in [-0.05, 0) is 89.9 Å². The van der Waals surface area contributed by atoms with Gasteiger partial charge in [0.25, 0.3) is 0 Å². The number of carbonyl (C=O) groups is 3. The lowest BCUT2D eigenvalue weighted by Crippen LogP contribution is -2.34. The Balaban J connectivity index is 4.67. The van der Waals surface area contributed by atoms with Crippen molar-refractivity contribution in [2.45, 2.75) is 141 Å². The summed E-state index contributed by atoms with van der Waals surface area (Å²) in [5.41, 5.74) is 5.32. The first-order valence-electron chi connectivity index (χ1n) is 22.3. The van der Waals surface area contributed by atoms with Gasteiger partial charge in [0.15, 0.2) is 6.10 Å². The first-order valence-corrected chi connectivity index (χ1v) is 23.8. The molecule has 0 amide bonds. The predicted molar refractivity (Wildman–Crippen MR) is 255 cm³/mol. The Labute approximate surface area is 377 Å². The van der Waals surface area contributed by atoms with E-state index in [2.05, 4.69) is 122 Å². The molecule has 5 N–H and O–H groups in total. The first kappa shape index (κ1) is 58.6. The van der Waals surface area contributed by atoms with Crippen LogP contribution in [0.1, 0.15) is 123 Å². The van der Waals surface area contributed by atoms with Crippen molar-refractivity contribution in [2.75, 3.05) is 19.8 Å². The summed E-state index contributed by atoms with van der Waals surface area (Å²) in [6.07, 6.45) is 55.6. The second kappa shape index (κ2) is 42.9. The SMILES string of the molecule is CC/C=C\C/C=C\C/C=C\C/C=C\C/C=C\C=C/C(O)CCC(=O)O[C@H](COC(=O)CCCCC/C=C\C/C=C\C/C=C\C/C=C\C/C=C\CC)COP(=O)(O)OC[C@H](N)C(=O)O. The highest BCUT2D eigenvalue weighted by molar-refractivity contribution is 7.47. The van der Waals surface area contributed by atoms with Crippen LogP contribution in [-0.2, 0) is 37.5 Å². The number of carbonyl (C=O) groups excluding carboxylic acids is 2. The number of hydrogen-bond donors (Lipinski definition) is 4. The molecule has 0 aromatic heterocycles. The summed E-state index contributed by atoms with van der Waals surface area (Å²) in [6, 6.07) is -1.57. The third-order valence-electron chi connectivity index (χ3n) is 8.51. The predicted octanol–water partition coefficient (Wildman–Crippen LogP) is 11.1. The number of phosphoric acid groups is 1. The zero-order valence-corrected chi connectivity index (χ0v) is 38.6. The van der Waals surface area contributed by atoms with Crippen molar-refractivity contribution in [3.05, 3.63) is 134 Å². The van der Waals surface area contributed by atoms with Crippen LogP contribution in [0.15, 0.2) is 134 Å². The van der Waals surface area contributed by atoms with Crippen LogP contribution in [0.2, 0.25) is 0 Å². The molecule has 0 fully saturated rings. The summed E-state index contributed by atoms with van der Waals surface area (Å²) in [6.45, 7) is 2.27. The second-order valence-electron chi connectivity index (χ2n) is 14.3. The molecule has 4 atom stereocenters. The number of aliphatic carboxylic acids is 1. The van der Waals surface area contributed by atoms with E-state index in [1.165, 1.54) is 6.08 Å². The monoisotopic (exact) mass is 898 g/mol. The zero-order valence-electron chi connectivity index (χ0n) is 37.7. The van der Waals surface area contributed by atoms with Crippen LogP contribution in [0.4, 0.5) is 0 Å². The van der Waals surface area contributed by atoms with Gasteiger partial charge in [-0.3, -0.25) is 23.4 Å². The maximum Gasteiger partial charge on any atom is 0.472 e. The Kier molecular flexibility index (Phi) is 39.9. The van der Waals surface area contributed by atoms with E-state index in [9.17, 15) is 28.9 Å². The van der Waals surface area contributed by atoms with E-state index < -0.39 is 63.8 Å². The van der Waals surface area contributed by atoms with Crippen LogP contribution in [-0.4, -0.2) is 71.1 Å². The van der Waals surface area contributed by atoms with Crippen molar-refractivity contribution in [2.24, 2.45) is 5.73 Å². The molecule has 63 heavy (non-hydrogen) atoms. The molecule has 0 spiro atoms. The van der Waals surface area contributed by atoms with E-state index in [0.717, 1.165) is 83.5 Å². The zero-order chi connectivity index (χ0) is 46.5. The minimum absolute atomic E-state index is 0.0295. The lowest BCUT2D eigenvalue weighted by atomic mass is 10.1. The fraction of sp³-hybridized carbons (Fsp3) is 0.500. The highest BCUT2D eigenvalue weighted by Crippen LogP contribution is 2.43. The standard InChI is InChI=1S/C50H76NO11P/c1-3-5-7-9-11-13-15-17-19-21-22-23-25-27-29-31-33-35-37-39-48(53)59-42-46(43-60-63(57,58)61-44-47(51)50(55)56)62-49(54)41-40-45(52)38-36-34-32-30-28-26-24-20-18-16-14-12-10-8-6-4-2/h5-8,11-14,17-20,22-23,26-29,32,34,36,38,45-47,52H,3-4,9-10,15-16,21,24-25,30-31,33,35,37,39-44,51H2,1-2H3,(H,55,56)(H,57,58)/b7-5-,8-6-,13-11-,14-12-,19-17-,20-18-,23-22-,28-26-,29-27-,34-32-,38-36-/t45?,46-,47+/m1/s1. The maximum atomic E-state index is 12.7. The van der Waals surface area contributed by atoms with Crippen molar-refractivity contribution in [1.82, 2.24) is 0 Å². The summed E-state index contributed by atoms with van der Waals surface area (Å²) in [5, 5.41) is 19.2. The molecular formula is C50H76NO11P. The molecular weight excluding hydrogens is 822 g/mol. The van der Waals surface area contributed by atoms with E-state index in [-0.39, 0.29) is 19.3 Å². The second-order valence-corrected chi connectivity index (χ2v) is 15.7. The number of esters is 2. The van der Waals surface area contributed by atoms with Gasteiger partial charge in [-0.15, -0.1) is 0 Å². The highest BCUT2D eigenvalue weighted by atomic mass is 31.2. The molecule has 0 bridgehead atoms. The van der Waals surface area contributed by atoms with Gasteiger partial charge in [-0.2, -0.15) is 0 Å². The summed E-state index contributed by atoms with van der Waals surface area (Å²) in [5.74, 6) is -2.76. The molecule has 0 aromatic rings. The molecule has 0 aliphatic carbocycles. The van der Waals surface area contributed by atoms with Gasteiger partial charge in [0.1, 0.15) is 12.6 Å². The Hall–Kier alpha value is -4.42. The first-order chi connectivity index (χ1) is 30.5. The molecule has 0 aliphatic rings. The van der Waals surface area contributed by atoms with E-state index in [1.807, 2.05) is 12.2 Å². The number of aliphatic hydroxyl groups is 1. The number of carboxylic acids is 1. The third kappa shape index (κ3) is 42.6. The van der Waals surface area contributed by atoms with Gasteiger partial charge in [0.2, 0.25) is 0 Å². The average Bonchev–Trinajstić information content (AvgIpc) is 3.26. The van der Waals surface area contributed by atoms with Crippen LogP contribution < -0.4 is 5.73 Å². The largest absolute Gasteiger partial charge is 0.480 e. The van der Waals surface area contributed by atoms with Crippen LogP contribution in [0.5, 0.6) is 0 Å². The normalized spacial score (nSPS) is 15.4. The van der Waals surface area contributed by atoms with Crippen LogP contribution in [0, 0.1) is 0 Å². The lowest BCUT2D eigenvalue weighted by molar-refractivity contribution is -0.161. The number of rotatable bonds is 39. The topological polar surface area (TPSA) is 192 Å². The smallest absolute Gasteiger partial charge is 0.472 e. The third-order valence-corrected chi connectivity index (χ3v) is 9.46. The highest BCUT2D eigenvalue weighted by Gasteiger charge is 2.28. The van der Waals surface area contributed by atoms with Gasteiger partial charge < -0.3 is 30.3 Å². The minimum Gasteiger partial charge on any atom is -0.480 e. The molecule has 2 unspecified atom stereocenters. The average molecular weight is 898 g/mol. The van der Waals surface area contributed by atoms with Gasteiger partial charge in [-0.1, -0.05) is 154 Å². The van der Waals surface area contributed by atoms with E-state index in [0.29, 0.717) is 6.42 Å². The van der Waals surface area contributed by atoms with Crippen molar-refractivity contribution < 1.29 is 52.6 Å². The van der Waals surface area contributed by atoms with Crippen molar-refractivity contribution >= 4 is 25.7 Å². The quantitative estimate of drug-likeness (QED) is 0.0150. The lowest BCUT2D eigenvalue weighted by Gasteiger charge is -2.20. The van der Waals surface area contributed by atoms with Gasteiger partial charge in [0, 0.05) is 12.8 Å². The molecule has 0 radical (unpaired) electrons. The number of nitrogens with two attached hydrogens (primary N) is 1. The maximum absolute atomic E-state index is 12.7. The summed E-state index contributed by atoms with van der Waals surface area (Å²) < 4.78 is 32.5. The van der Waals surface area contributed by atoms with Crippen LogP contribution in [0.3, 0.4) is 0 Å². The van der Waals surface area contributed by atoms with E-state index in [1.54, 1.807) is 12.2 Å².